The third-order valence-corrected chi connectivity index (χ3v) is 4.50. The smallest absolute Gasteiger partial charge is 0.0669 e. The van der Waals surface area contributed by atoms with Gasteiger partial charge in [0.15, 0.2) is 0 Å². The normalized spacial score (nSPS) is 21.6. The second-order valence-corrected chi connectivity index (χ2v) is 6.05. The van der Waals surface area contributed by atoms with Crippen molar-refractivity contribution >= 4 is 0 Å². The van der Waals surface area contributed by atoms with E-state index in [2.05, 4.69) is 30.9 Å². The first-order chi connectivity index (χ1) is 9.56. The highest BCUT2D eigenvalue weighted by Crippen LogP contribution is 2.26. The van der Waals surface area contributed by atoms with E-state index in [0.29, 0.717) is 6.04 Å². The molecule has 1 aromatic heterocycles. The van der Waals surface area contributed by atoms with E-state index in [9.17, 15) is 5.11 Å². The lowest BCUT2D eigenvalue weighted by Crippen LogP contribution is -2.32. The first kappa shape index (κ1) is 15.5. The summed E-state index contributed by atoms with van der Waals surface area (Å²) in [6, 6.07) is 0.532. The number of aromatic nitrogens is 2. The molecule has 1 fully saturated rings. The molecule has 1 aliphatic rings. The Balaban J connectivity index is 2.16. The summed E-state index contributed by atoms with van der Waals surface area (Å²) in [6.45, 7) is 8.44. The van der Waals surface area contributed by atoms with Crippen molar-refractivity contribution < 1.29 is 5.11 Å². The lowest BCUT2D eigenvalue weighted by molar-refractivity contribution is 0.130. The molecule has 0 aromatic carbocycles. The van der Waals surface area contributed by atoms with E-state index in [4.69, 9.17) is 0 Å². The van der Waals surface area contributed by atoms with Gasteiger partial charge in [0.05, 0.1) is 11.8 Å². The van der Waals surface area contributed by atoms with E-state index < -0.39 is 0 Å². The van der Waals surface area contributed by atoms with Crippen LogP contribution >= 0.6 is 0 Å². The van der Waals surface area contributed by atoms with Crippen LogP contribution in [-0.2, 0) is 26.4 Å². The molecule has 0 saturated carbocycles. The van der Waals surface area contributed by atoms with Crippen LogP contribution in [0.25, 0.3) is 0 Å². The van der Waals surface area contributed by atoms with Gasteiger partial charge in [-0.25, -0.2) is 0 Å². The number of rotatable bonds is 6. The fraction of sp³-hybridized carbons (Fsp3) is 0.812. The van der Waals surface area contributed by atoms with Crippen molar-refractivity contribution in [1.29, 1.82) is 0 Å². The van der Waals surface area contributed by atoms with Crippen molar-refractivity contribution in [2.45, 2.75) is 71.6 Å². The highest BCUT2D eigenvalue weighted by atomic mass is 16.3. The first-order valence-corrected chi connectivity index (χ1v) is 8.02. The molecule has 114 valence electrons. The van der Waals surface area contributed by atoms with Crippen molar-refractivity contribution in [3.63, 3.8) is 0 Å². The van der Waals surface area contributed by atoms with Crippen LogP contribution in [0.15, 0.2) is 0 Å². The molecule has 0 amide bonds. The highest BCUT2D eigenvalue weighted by molar-refractivity contribution is 5.27. The summed E-state index contributed by atoms with van der Waals surface area (Å²) in [7, 11) is 2.05. The average molecular weight is 279 g/mol. The molecule has 1 aromatic rings. The maximum Gasteiger partial charge on any atom is 0.0669 e. The van der Waals surface area contributed by atoms with E-state index in [-0.39, 0.29) is 6.10 Å². The molecule has 4 nitrogen and oxygen atoms in total. The Morgan fingerprint density at radius 2 is 2.10 bits per heavy atom. The molecule has 2 atom stereocenters. The molecule has 0 spiro atoms. The largest absolute Gasteiger partial charge is 0.393 e. The van der Waals surface area contributed by atoms with Gasteiger partial charge in [-0.2, -0.15) is 5.10 Å². The van der Waals surface area contributed by atoms with Crippen molar-refractivity contribution in [1.82, 2.24) is 14.7 Å². The molecule has 1 saturated heterocycles. The zero-order valence-corrected chi connectivity index (χ0v) is 13.4. The molecular formula is C16H29N3O. The Bertz CT molecular complexity index is 439. The number of aliphatic hydroxyl groups excluding tert-OH is 1. The molecule has 2 rings (SSSR count). The number of nitrogens with zero attached hydrogens (tertiary/aromatic N) is 3. The zero-order chi connectivity index (χ0) is 14.7. The second-order valence-electron chi connectivity index (χ2n) is 6.05. The standard InChI is InChI=1S/C16H29N3O/c1-5-15-14(16(6-2)18(4)17-15)11-19-9-7-8-13(19)10-12(3)20/h12-13,20H,5-11H2,1-4H3. The van der Waals surface area contributed by atoms with E-state index >= 15 is 0 Å². The van der Waals surface area contributed by atoms with Gasteiger partial charge < -0.3 is 5.11 Å². The minimum atomic E-state index is -0.203. The van der Waals surface area contributed by atoms with Crippen LogP contribution in [0.4, 0.5) is 0 Å². The van der Waals surface area contributed by atoms with Crippen molar-refractivity contribution in [2.24, 2.45) is 7.05 Å². The summed E-state index contributed by atoms with van der Waals surface area (Å²) >= 11 is 0. The summed E-state index contributed by atoms with van der Waals surface area (Å²) in [4.78, 5) is 2.54. The monoisotopic (exact) mass is 279 g/mol. The fourth-order valence-corrected chi connectivity index (χ4v) is 3.54. The zero-order valence-electron chi connectivity index (χ0n) is 13.4. The van der Waals surface area contributed by atoms with Crippen molar-refractivity contribution in [3.8, 4) is 0 Å². The van der Waals surface area contributed by atoms with Gasteiger partial charge in [0.1, 0.15) is 0 Å². The molecular weight excluding hydrogens is 250 g/mol. The Hall–Kier alpha value is -0.870. The predicted octanol–water partition coefficient (Wildman–Crippen LogP) is 2.28. The average Bonchev–Trinajstić information content (AvgIpc) is 2.94. The minimum Gasteiger partial charge on any atom is -0.393 e. The third kappa shape index (κ3) is 3.23. The molecule has 0 aliphatic carbocycles. The lowest BCUT2D eigenvalue weighted by Gasteiger charge is -2.26. The SMILES string of the molecule is CCc1nn(C)c(CC)c1CN1CCCC1CC(C)O. The Labute approximate surface area is 122 Å². The fourth-order valence-electron chi connectivity index (χ4n) is 3.54. The van der Waals surface area contributed by atoms with Crippen LogP contribution in [0, 0.1) is 0 Å². The van der Waals surface area contributed by atoms with Crippen molar-refractivity contribution in [2.75, 3.05) is 6.54 Å². The highest BCUT2D eigenvalue weighted by Gasteiger charge is 2.27. The minimum absolute atomic E-state index is 0.203. The summed E-state index contributed by atoms with van der Waals surface area (Å²) in [5.74, 6) is 0. The summed E-state index contributed by atoms with van der Waals surface area (Å²) in [5.41, 5.74) is 4.03. The van der Waals surface area contributed by atoms with Crippen LogP contribution in [0.3, 0.4) is 0 Å². The van der Waals surface area contributed by atoms with E-state index in [1.54, 1.807) is 0 Å². The second kappa shape index (κ2) is 6.72. The Morgan fingerprint density at radius 3 is 2.70 bits per heavy atom. The van der Waals surface area contributed by atoms with Crippen molar-refractivity contribution in [3.05, 3.63) is 17.0 Å². The number of hydrogen-bond donors (Lipinski definition) is 1. The molecule has 20 heavy (non-hydrogen) atoms. The quantitative estimate of drug-likeness (QED) is 0.868. The van der Waals surface area contributed by atoms with Gasteiger partial charge in [0.2, 0.25) is 0 Å². The maximum atomic E-state index is 9.66. The molecule has 4 heteroatoms. The topological polar surface area (TPSA) is 41.3 Å². The number of likely N-dealkylation sites (tertiary alicyclic amines) is 1. The predicted molar refractivity (Wildman–Crippen MR) is 81.7 cm³/mol. The van der Waals surface area contributed by atoms with Gasteiger partial charge in [0.25, 0.3) is 0 Å². The number of aryl methyl sites for hydroxylation is 2. The molecule has 2 unspecified atom stereocenters. The maximum absolute atomic E-state index is 9.66. The first-order valence-electron chi connectivity index (χ1n) is 8.02. The Morgan fingerprint density at radius 1 is 1.35 bits per heavy atom. The van der Waals surface area contributed by atoms with Crippen LogP contribution in [0.2, 0.25) is 0 Å². The molecule has 1 N–H and O–H groups in total. The van der Waals surface area contributed by atoms with Crippen LogP contribution in [-0.4, -0.2) is 38.5 Å². The summed E-state index contributed by atoms with van der Waals surface area (Å²) in [5, 5.41) is 14.3. The van der Waals surface area contributed by atoms with Crippen LogP contribution in [0.5, 0.6) is 0 Å². The van der Waals surface area contributed by atoms with Crippen LogP contribution < -0.4 is 0 Å². The van der Waals surface area contributed by atoms with E-state index in [1.165, 1.54) is 29.8 Å². The molecule has 0 bridgehead atoms. The van der Waals surface area contributed by atoms with Gasteiger partial charge in [-0.1, -0.05) is 13.8 Å². The molecule has 0 radical (unpaired) electrons. The van der Waals surface area contributed by atoms with Gasteiger partial charge in [-0.15, -0.1) is 0 Å². The number of aliphatic hydroxyl groups is 1. The van der Waals surface area contributed by atoms with Gasteiger partial charge in [0, 0.05) is 30.9 Å². The lowest BCUT2D eigenvalue weighted by atomic mass is 10.1. The van der Waals surface area contributed by atoms with Gasteiger partial charge >= 0.3 is 0 Å². The molecule has 1 aliphatic heterocycles. The van der Waals surface area contributed by atoms with Gasteiger partial charge in [-0.3, -0.25) is 9.58 Å². The summed E-state index contributed by atoms with van der Waals surface area (Å²) in [6.07, 6.45) is 5.19. The number of hydrogen-bond acceptors (Lipinski definition) is 3. The summed E-state index contributed by atoms with van der Waals surface area (Å²) < 4.78 is 2.05. The van der Waals surface area contributed by atoms with E-state index in [1.807, 2.05) is 11.6 Å². The molecule has 2 heterocycles. The van der Waals surface area contributed by atoms with E-state index in [0.717, 1.165) is 32.4 Å². The Kier molecular flexibility index (Phi) is 5.22. The van der Waals surface area contributed by atoms with Gasteiger partial charge in [-0.05, 0) is 45.6 Å². The van der Waals surface area contributed by atoms with Crippen LogP contribution in [0.1, 0.15) is 57.0 Å². The third-order valence-electron chi connectivity index (χ3n) is 4.50.